The molecular weight excluding hydrogens is 285 g/mol. The number of hydrogen-bond acceptors (Lipinski definition) is 3. The van der Waals surface area contributed by atoms with E-state index in [0.29, 0.717) is 12.6 Å². The van der Waals surface area contributed by atoms with Gasteiger partial charge < -0.3 is 15.7 Å². The lowest BCUT2D eigenvalue weighted by Gasteiger charge is -2.20. The van der Waals surface area contributed by atoms with Gasteiger partial charge in [0.15, 0.2) is 0 Å². The number of likely N-dealkylation sites (N-methyl/N-ethyl adjacent to an activating group) is 1. The van der Waals surface area contributed by atoms with E-state index < -0.39 is 11.9 Å². The molecule has 0 bridgehead atoms. The van der Waals surface area contributed by atoms with Crippen LogP contribution in [-0.4, -0.2) is 48.3 Å². The van der Waals surface area contributed by atoms with Gasteiger partial charge in [0.1, 0.15) is 5.82 Å². The van der Waals surface area contributed by atoms with Gasteiger partial charge in [0.05, 0.1) is 6.10 Å². The van der Waals surface area contributed by atoms with Gasteiger partial charge >= 0.3 is 6.03 Å². The average molecular weight is 309 g/mol. The number of urea groups is 1. The van der Waals surface area contributed by atoms with Crippen molar-refractivity contribution in [2.75, 3.05) is 26.2 Å². The summed E-state index contributed by atoms with van der Waals surface area (Å²) in [6.45, 7) is 4.46. The largest absolute Gasteiger partial charge is 0.386 e. The highest BCUT2D eigenvalue weighted by atomic mass is 19.1. The second kappa shape index (κ2) is 8.10. The van der Waals surface area contributed by atoms with Crippen LogP contribution in [0.25, 0.3) is 0 Å². The third-order valence-electron chi connectivity index (χ3n) is 3.87. The van der Waals surface area contributed by atoms with Crippen LogP contribution in [-0.2, 0) is 0 Å². The van der Waals surface area contributed by atoms with E-state index in [1.54, 1.807) is 12.1 Å². The Morgan fingerprint density at radius 2 is 2.14 bits per heavy atom. The SMILES string of the molecule is CCN(CCNC(=O)NCC(O)c1ccccc1F)C1CC1. The van der Waals surface area contributed by atoms with Crippen molar-refractivity contribution in [1.82, 2.24) is 15.5 Å². The predicted octanol–water partition coefficient (Wildman–Crippen LogP) is 1.64. The fraction of sp³-hybridized carbons (Fsp3) is 0.562. The molecule has 0 radical (unpaired) electrons. The second-order valence-corrected chi connectivity index (χ2v) is 5.53. The fourth-order valence-corrected chi connectivity index (χ4v) is 2.46. The highest BCUT2D eigenvalue weighted by Gasteiger charge is 2.27. The van der Waals surface area contributed by atoms with Crippen molar-refractivity contribution in [2.24, 2.45) is 0 Å². The van der Waals surface area contributed by atoms with Gasteiger partial charge in [-0.15, -0.1) is 0 Å². The van der Waals surface area contributed by atoms with Crippen LogP contribution in [0.2, 0.25) is 0 Å². The number of carbonyl (C=O) groups excluding carboxylic acids is 1. The zero-order valence-electron chi connectivity index (χ0n) is 12.9. The molecule has 2 amide bonds. The molecule has 0 aliphatic heterocycles. The third-order valence-corrected chi connectivity index (χ3v) is 3.87. The average Bonchev–Trinajstić information content (AvgIpc) is 3.34. The first-order valence-electron chi connectivity index (χ1n) is 7.80. The van der Waals surface area contributed by atoms with E-state index in [2.05, 4.69) is 22.5 Å². The lowest BCUT2D eigenvalue weighted by Crippen LogP contribution is -2.42. The van der Waals surface area contributed by atoms with Gasteiger partial charge in [0.25, 0.3) is 0 Å². The van der Waals surface area contributed by atoms with Gasteiger partial charge in [0.2, 0.25) is 0 Å². The summed E-state index contributed by atoms with van der Waals surface area (Å²) < 4.78 is 13.5. The maximum Gasteiger partial charge on any atom is 0.314 e. The van der Waals surface area contributed by atoms with Gasteiger partial charge in [-0.05, 0) is 25.5 Å². The topological polar surface area (TPSA) is 64.6 Å². The van der Waals surface area contributed by atoms with E-state index in [1.807, 2.05) is 0 Å². The van der Waals surface area contributed by atoms with Crippen molar-refractivity contribution in [3.8, 4) is 0 Å². The fourth-order valence-electron chi connectivity index (χ4n) is 2.46. The predicted molar refractivity (Wildman–Crippen MR) is 83.0 cm³/mol. The van der Waals surface area contributed by atoms with Crippen molar-refractivity contribution >= 4 is 6.03 Å². The van der Waals surface area contributed by atoms with E-state index >= 15 is 0 Å². The van der Waals surface area contributed by atoms with Crippen molar-refractivity contribution in [2.45, 2.75) is 31.9 Å². The smallest absolute Gasteiger partial charge is 0.314 e. The molecule has 0 heterocycles. The van der Waals surface area contributed by atoms with Gasteiger partial charge in [0, 0.05) is 31.2 Å². The highest BCUT2D eigenvalue weighted by molar-refractivity contribution is 5.73. The molecule has 2 rings (SSSR count). The minimum absolute atomic E-state index is 0.0209. The number of aliphatic hydroxyl groups is 1. The third kappa shape index (κ3) is 4.96. The van der Waals surface area contributed by atoms with E-state index in [9.17, 15) is 14.3 Å². The number of rotatable bonds is 8. The first-order valence-corrected chi connectivity index (χ1v) is 7.80. The summed E-state index contributed by atoms with van der Waals surface area (Å²) in [7, 11) is 0. The maximum absolute atomic E-state index is 13.5. The molecule has 3 N–H and O–H groups in total. The van der Waals surface area contributed by atoms with E-state index in [4.69, 9.17) is 0 Å². The molecule has 1 unspecified atom stereocenters. The molecule has 5 nitrogen and oxygen atoms in total. The number of halogens is 1. The van der Waals surface area contributed by atoms with Gasteiger partial charge in [-0.1, -0.05) is 25.1 Å². The van der Waals surface area contributed by atoms with Crippen molar-refractivity contribution in [3.05, 3.63) is 35.6 Å². The number of aliphatic hydroxyl groups excluding tert-OH is 1. The van der Waals surface area contributed by atoms with Crippen molar-refractivity contribution in [3.63, 3.8) is 0 Å². The molecule has 1 aliphatic rings. The summed E-state index contributed by atoms with van der Waals surface area (Å²) in [6, 6.07) is 6.34. The summed E-state index contributed by atoms with van der Waals surface area (Å²) >= 11 is 0. The lowest BCUT2D eigenvalue weighted by atomic mass is 10.1. The van der Waals surface area contributed by atoms with Crippen LogP contribution < -0.4 is 10.6 Å². The first-order chi connectivity index (χ1) is 10.6. The Labute approximate surface area is 130 Å². The summed E-state index contributed by atoms with van der Waals surface area (Å²) in [5.41, 5.74) is 0.189. The molecule has 22 heavy (non-hydrogen) atoms. The Kier molecular flexibility index (Phi) is 6.15. The number of carbonyl (C=O) groups is 1. The molecule has 1 fully saturated rings. The molecular formula is C16H24FN3O2. The van der Waals surface area contributed by atoms with Crippen LogP contribution in [0.4, 0.5) is 9.18 Å². The zero-order valence-corrected chi connectivity index (χ0v) is 12.9. The summed E-state index contributed by atoms with van der Waals surface area (Å²) in [6.07, 6.45) is 1.44. The standard InChI is InChI=1S/C16H24FN3O2/c1-2-20(12-7-8-12)10-9-18-16(22)19-11-15(21)13-5-3-4-6-14(13)17/h3-6,12,15,21H,2,7-11H2,1H3,(H2,18,19,22). The molecule has 0 spiro atoms. The molecule has 122 valence electrons. The minimum atomic E-state index is -1.05. The van der Waals surface area contributed by atoms with Crippen molar-refractivity contribution in [1.29, 1.82) is 0 Å². The van der Waals surface area contributed by atoms with Gasteiger partial charge in [-0.3, -0.25) is 4.90 Å². The molecule has 1 aromatic rings. The van der Waals surface area contributed by atoms with Crippen molar-refractivity contribution < 1.29 is 14.3 Å². The Bertz CT molecular complexity index is 494. The molecule has 1 saturated carbocycles. The first kappa shape index (κ1) is 16.7. The molecule has 1 aliphatic carbocycles. The zero-order chi connectivity index (χ0) is 15.9. The van der Waals surface area contributed by atoms with Gasteiger partial charge in [-0.2, -0.15) is 0 Å². The van der Waals surface area contributed by atoms with Crippen LogP contribution in [0.1, 0.15) is 31.4 Å². The van der Waals surface area contributed by atoms with E-state index in [-0.39, 0.29) is 18.1 Å². The monoisotopic (exact) mass is 309 g/mol. The van der Waals surface area contributed by atoms with E-state index in [1.165, 1.54) is 25.0 Å². The normalized spacial score (nSPS) is 15.6. The Balaban J connectivity index is 1.65. The number of nitrogens with zero attached hydrogens (tertiary/aromatic N) is 1. The molecule has 0 saturated heterocycles. The summed E-state index contributed by atoms with van der Waals surface area (Å²) in [4.78, 5) is 14.0. The van der Waals surface area contributed by atoms with Gasteiger partial charge in [-0.25, -0.2) is 9.18 Å². The molecule has 1 atom stereocenters. The molecule has 1 aromatic carbocycles. The number of benzene rings is 1. The van der Waals surface area contributed by atoms with Crippen LogP contribution in [0.5, 0.6) is 0 Å². The number of amides is 2. The summed E-state index contributed by atoms with van der Waals surface area (Å²) in [5, 5.41) is 15.2. The highest BCUT2D eigenvalue weighted by Crippen LogP contribution is 2.25. The Morgan fingerprint density at radius 3 is 2.77 bits per heavy atom. The van der Waals surface area contributed by atoms with Crippen LogP contribution in [0.3, 0.4) is 0 Å². The molecule has 6 heteroatoms. The maximum atomic E-state index is 13.5. The van der Waals surface area contributed by atoms with Crippen LogP contribution >= 0.6 is 0 Å². The van der Waals surface area contributed by atoms with Crippen LogP contribution in [0, 0.1) is 5.82 Å². The van der Waals surface area contributed by atoms with Crippen LogP contribution in [0.15, 0.2) is 24.3 Å². The minimum Gasteiger partial charge on any atom is -0.386 e. The number of nitrogens with one attached hydrogen (secondary N) is 2. The lowest BCUT2D eigenvalue weighted by molar-refractivity contribution is 0.168. The van der Waals surface area contributed by atoms with E-state index in [0.717, 1.165) is 13.1 Å². The Hall–Kier alpha value is -1.66. The molecule has 0 aromatic heterocycles. The number of hydrogen-bond donors (Lipinski definition) is 3. The Morgan fingerprint density at radius 1 is 1.41 bits per heavy atom. The quantitative estimate of drug-likeness (QED) is 0.684. The second-order valence-electron chi connectivity index (χ2n) is 5.53. The summed E-state index contributed by atoms with van der Waals surface area (Å²) in [5.74, 6) is -0.472.